The van der Waals surface area contributed by atoms with E-state index in [-0.39, 0.29) is 0 Å². The molecule has 3 fully saturated rings. The maximum Gasteiger partial charge on any atom is 0.203 e. The number of hydrogen-bond acceptors (Lipinski definition) is 3. The van der Waals surface area contributed by atoms with Gasteiger partial charge in [0.15, 0.2) is 0 Å². The summed E-state index contributed by atoms with van der Waals surface area (Å²) >= 11 is 0. The van der Waals surface area contributed by atoms with Crippen LogP contribution in [0.5, 0.6) is 0 Å². The summed E-state index contributed by atoms with van der Waals surface area (Å²) < 4.78 is 2.40. The van der Waals surface area contributed by atoms with Crippen LogP contribution < -0.4 is 5.32 Å². The summed E-state index contributed by atoms with van der Waals surface area (Å²) in [5.74, 6) is 1.10. The maximum atomic E-state index is 4.49. The standard InChI is InChI=1S/C13H20N4/c1-2-11-12(5-8-16(11)7-1)17-9-6-14-13(17)15-10-3-4-10/h6,9-12H,1-5,7-8H2,(H,14,15). The molecule has 1 aliphatic carbocycles. The first-order chi connectivity index (χ1) is 8.42. The molecule has 2 aliphatic heterocycles. The largest absolute Gasteiger partial charge is 0.353 e. The fourth-order valence-corrected chi connectivity index (χ4v) is 3.48. The van der Waals surface area contributed by atoms with Crippen molar-refractivity contribution in [3.8, 4) is 0 Å². The van der Waals surface area contributed by atoms with Crippen LogP contribution in [0.2, 0.25) is 0 Å². The highest BCUT2D eigenvalue weighted by atomic mass is 15.3. The van der Waals surface area contributed by atoms with Gasteiger partial charge in [0, 0.05) is 31.0 Å². The van der Waals surface area contributed by atoms with Crippen LogP contribution in [0, 0.1) is 0 Å². The molecular formula is C13H20N4. The van der Waals surface area contributed by atoms with Crippen LogP contribution >= 0.6 is 0 Å². The van der Waals surface area contributed by atoms with Gasteiger partial charge in [0.25, 0.3) is 0 Å². The van der Waals surface area contributed by atoms with Crippen molar-refractivity contribution in [2.24, 2.45) is 0 Å². The summed E-state index contributed by atoms with van der Waals surface area (Å²) in [6, 6.07) is 2.11. The third-order valence-corrected chi connectivity index (χ3v) is 4.51. The maximum absolute atomic E-state index is 4.49. The SMILES string of the molecule is c1cn(C2CCN3CCCC23)c(NC2CC2)n1. The van der Waals surface area contributed by atoms with E-state index >= 15 is 0 Å². The highest BCUT2D eigenvalue weighted by Gasteiger charge is 2.39. The smallest absolute Gasteiger partial charge is 0.203 e. The summed E-state index contributed by atoms with van der Waals surface area (Å²) in [6.07, 6.45) is 10.8. The van der Waals surface area contributed by atoms with Crippen molar-refractivity contribution in [3.63, 3.8) is 0 Å². The molecule has 3 heterocycles. The average Bonchev–Trinajstić information content (AvgIpc) is 2.77. The average molecular weight is 232 g/mol. The Morgan fingerprint density at radius 2 is 2.06 bits per heavy atom. The third-order valence-electron chi connectivity index (χ3n) is 4.51. The molecule has 1 aromatic rings. The molecule has 2 atom stereocenters. The van der Waals surface area contributed by atoms with Crippen LogP contribution in [0.15, 0.2) is 12.4 Å². The molecule has 1 saturated carbocycles. The van der Waals surface area contributed by atoms with Gasteiger partial charge >= 0.3 is 0 Å². The minimum absolute atomic E-state index is 0.654. The van der Waals surface area contributed by atoms with Gasteiger partial charge in [-0.3, -0.25) is 4.90 Å². The van der Waals surface area contributed by atoms with Crippen LogP contribution in [0.3, 0.4) is 0 Å². The monoisotopic (exact) mass is 232 g/mol. The van der Waals surface area contributed by atoms with Gasteiger partial charge in [-0.2, -0.15) is 0 Å². The highest BCUT2D eigenvalue weighted by molar-refractivity contribution is 5.31. The molecule has 1 aromatic heterocycles. The molecule has 4 rings (SSSR count). The van der Waals surface area contributed by atoms with Crippen molar-refractivity contribution in [1.82, 2.24) is 14.5 Å². The van der Waals surface area contributed by atoms with E-state index in [4.69, 9.17) is 0 Å². The molecule has 2 saturated heterocycles. The number of nitrogens with one attached hydrogen (secondary N) is 1. The van der Waals surface area contributed by atoms with E-state index in [0.29, 0.717) is 12.1 Å². The zero-order valence-electron chi connectivity index (χ0n) is 10.2. The number of rotatable bonds is 3. The predicted octanol–water partition coefficient (Wildman–Crippen LogP) is 1.87. The van der Waals surface area contributed by atoms with Gasteiger partial charge in [-0.1, -0.05) is 0 Å². The molecule has 0 amide bonds. The van der Waals surface area contributed by atoms with Crippen molar-refractivity contribution in [2.45, 2.75) is 50.2 Å². The summed E-state index contributed by atoms with van der Waals surface area (Å²) in [6.45, 7) is 2.58. The first kappa shape index (κ1) is 9.95. The topological polar surface area (TPSA) is 33.1 Å². The van der Waals surface area contributed by atoms with Gasteiger partial charge in [-0.25, -0.2) is 4.98 Å². The van der Waals surface area contributed by atoms with E-state index in [1.165, 1.54) is 45.2 Å². The summed E-state index contributed by atoms with van der Waals surface area (Å²) in [5.41, 5.74) is 0. The number of hydrogen-bond donors (Lipinski definition) is 1. The third kappa shape index (κ3) is 1.66. The normalized spacial score (nSPS) is 32.9. The fourth-order valence-electron chi connectivity index (χ4n) is 3.48. The van der Waals surface area contributed by atoms with Gasteiger partial charge < -0.3 is 9.88 Å². The fraction of sp³-hybridized carbons (Fsp3) is 0.769. The van der Waals surface area contributed by atoms with Crippen LogP contribution in [-0.4, -0.2) is 39.6 Å². The van der Waals surface area contributed by atoms with Gasteiger partial charge in [-0.05, 0) is 38.6 Å². The Kier molecular flexibility index (Phi) is 2.18. The second-order valence-electron chi connectivity index (χ2n) is 5.68. The van der Waals surface area contributed by atoms with Crippen molar-refractivity contribution in [2.75, 3.05) is 18.4 Å². The minimum Gasteiger partial charge on any atom is -0.353 e. The van der Waals surface area contributed by atoms with Crippen molar-refractivity contribution in [3.05, 3.63) is 12.4 Å². The second-order valence-corrected chi connectivity index (χ2v) is 5.68. The van der Waals surface area contributed by atoms with E-state index in [1.54, 1.807) is 0 Å². The van der Waals surface area contributed by atoms with Gasteiger partial charge in [0.1, 0.15) is 0 Å². The molecule has 17 heavy (non-hydrogen) atoms. The Hall–Kier alpha value is -1.03. The molecule has 0 radical (unpaired) electrons. The molecule has 3 aliphatic rings. The Labute approximate surface area is 102 Å². The molecule has 0 bridgehead atoms. The lowest BCUT2D eigenvalue weighted by Crippen LogP contribution is -2.28. The first-order valence-electron chi connectivity index (χ1n) is 6.95. The number of aromatic nitrogens is 2. The van der Waals surface area contributed by atoms with Crippen LogP contribution in [0.4, 0.5) is 5.95 Å². The molecule has 4 heteroatoms. The lowest BCUT2D eigenvalue weighted by Gasteiger charge is -2.23. The molecule has 0 aromatic carbocycles. The van der Waals surface area contributed by atoms with E-state index in [1.807, 2.05) is 6.20 Å². The number of nitrogens with zero attached hydrogens (tertiary/aromatic N) is 3. The Balaban J connectivity index is 1.58. The zero-order chi connectivity index (χ0) is 11.2. The Morgan fingerprint density at radius 3 is 2.94 bits per heavy atom. The van der Waals surface area contributed by atoms with Crippen molar-refractivity contribution < 1.29 is 0 Å². The molecular weight excluding hydrogens is 212 g/mol. The molecule has 2 unspecified atom stereocenters. The molecule has 4 nitrogen and oxygen atoms in total. The Morgan fingerprint density at radius 1 is 1.12 bits per heavy atom. The summed E-state index contributed by atoms with van der Waals surface area (Å²) in [7, 11) is 0. The zero-order valence-corrected chi connectivity index (χ0v) is 10.2. The van der Waals surface area contributed by atoms with Gasteiger partial charge in [0.2, 0.25) is 5.95 Å². The quantitative estimate of drug-likeness (QED) is 0.863. The Bertz CT molecular complexity index is 409. The van der Waals surface area contributed by atoms with Crippen molar-refractivity contribution >= 4 is 5.95 Å². The van der Waals surface area contributed by atoms with E-state index in [0.717, 1.165) is 12.0 Å². The first-order valence-corrected chi connectivity index (χ1v) is 6.95. The molecule has 1 N–H and O–H groups in total. The lowest BCUT2D eigenvalue weighted by molar-refractivity contribution is 0.291. The van der Waals surface area contributed by atoms with Crippen molar-refractivity contribution in [1.29, 1.82) is 0 Å². The van der Waals surface area contributed by atoms with Crippen LogP contribution in [-0.2, 0) is 0 Å². The lowest BCUT2D eigenvalue weighted by atomic mass is 10.1. The second kappa shape index (κ2) is 3.73. The van der Waals surface area contributed by atoms with Crippen LogP contribution in [0.1, 0.15) is 38.1 Å². The van der Waals surface area contributed by atoms with E-state index < -0.39 is 0 Å². The number of imidazole rings is 1. The summed E-state index contributed by atoms with van der Waals surface area (Å²) in [4.78, 5) is 7.15. The highest BCUT2D eigenvalue weighted by Crippen LogP contribution is 2.37. The number of anilines is 1. The predicted molar refractivity (Wildman–Crippen MR) is 67.1 cm³/mol. The molecule has 92 valence electrons. The van der Waals surface area contributed by atoms with E-state index in [2.05, 4.69) is 26.0 Å². The van der Waals surface area contributed by atoms with E-state index in [9.17, 15) is 0 Å². The minimum atomic E-state index is 0.654. The van der Waals surface area contributed by atoms with Gasteiger partial charge in [-0.15, -0.1) is 0 Å². The summed E-state index contributed by atoms with van der Waals surface area (Å²) in [5, 5.41) is 3.55. The van der Waals surface area contributed by atoms with Crippen LogP contribution in [0.25, 0.3) is 0 Å². The number of fused-ring (bicyclic) bond motifs is 1. The molecule has 0 spiro atoms. The van der Waals surface area contributed by atoms with Gasteiger partial charge in [0.05, 0.1) is 6.04 Å².